The molecule has 1 rings (SSSR count). The van der Waals surface area contributed by atoms with Crippen LogP contribution in [-0.4, -0.2) is 17.2 Å². The van der Waals surface area contributed by atoms with E-state index in [-0.39, 0.29) is 10.6 Å². The van der Waals surface area contributed by atoms with Crippen molar-refractivity contribution in [3.63, 3.8) is 0 Å². The Balaban J connectivity index is 2.99. The van der Waals surface area contributed by atoms with Gasteiger partial charge in [-0.3, -0.25) is 10.1 Å². The topological polar surface area (TPSA) is 55.2 Å². The maximum Gasteiger partial charge on any atom is 0.305 e. The predicted molar refractivity (Wildman–Crippen MR) is 72.9 cm³/mol. The second-order valence-corrected chi connectivity index (χ2v) is 4.82. The van der Waals surface area contributed by atoms with Crippen LogP contribution < -0.4 is 5.32 Å². The molecule has 0 heterocycles. The van der Waals surface area contributed by atoms with E-state index in [2.05, 4.69) is 12.2 Å². The minimum Gasteiger partial charge on any atom is -0.379 e. The zero-order valence-corrected chi connectivity index (χ0v) is 11.0. The molecule has 0 aromatic heterocycles. The van der Waals surface area contributed by atoms with Gasteiger partial charge in [-0.2, -0.15) is 0 Å². The average molecular weight is 254 g/mol. The van der Waals surface area contributed by atoms with Crippen LogP contribution in [0.15, 0.2) is 23.1 Å². The number of thioether (sulfide) groups is 1. The fourth-order valence-electron chi connectivity index (χ4n) is 1.44. The summed E-state index contributed by atoms with van der Waals surface area (Å²) in [6.45, 7) is 4.86. The maximum atomic E-state index is 11.1. The zero-order valence-electron chi connectivity index (χ0n) is 10.2. The molecule has 0 aliphatic carbocycles. The summed E-state index contributed by atoms with van der Waals surface area (Å²) in [6.07, 6.45) is 1.96. The lowest BCUT2D eigenvalue weighted by atomic mass is 10.2. The number of nitro groups is 1. The molecule has 0 spiro atoms. The Bertz CT molecular complexity index is 357. The van der Waals surface area contributed by atoms with Crippen LogP contribution >= 0.6 is 11.8 Å². The van der Waals surface area contributed by atoms with E-state index in [9.17, 15) is 10.1 Å². The molecule has 4 nitrogen and oxygen atoms in total. The van der Waals surface area contributed by atoms with E-state index >= 15 is 0 Å². The molecule has 0 unspecified atom stereocenters. The molecular weight excluding hydrogens is 236 g/mol. The van der Waals surface area contributed by atoms with Gasteiger partial charge in [-0.25, -0.2) is 0 Å². The smallest absolute Gasteiger partial charge is 0.305 e. The lowest BCUT2D eigenvalue weighted by Gasteiger charge is -2.08. The van der Waals surface area contributed by atoms with Gasteiger partial charge in [-0.1, -0.05) is 19.9 Å². The van der Waals surface area contributed by atoms with Crippen molar-refractivity contribution in [2.75, 3.05) is 17.6 Å². The molecule has 1 aromatic rings. The van der Waals surface area contributed by atoms with E-state index in [1.807, 2.05) is 19.1 Å². The Morgan fingerprint density at radius 1 is 1.35 bits per heavy atom. The number of para-hydroxylation sites is 1. The normalized spacial score (nSPS) is 10.2. The van der Waals surface area contributed by atoms with Gasteiger partial charge in [0.25, 0.3) is 0 Å². The van der Waals surface area contributed by atoms with Crippen LogP contribution in [0.5, 0.6) is 0 Å². The zero-order chi connectivity index (χ0) is 12.7. The largest absolute Gasteiger partial charge is 0.379 e. The first-order valence-corrected chi connectivity index (χ1v) is 6.83. The molecule has 0 atom stereocenters. The van der Waals surface area contributed by atoms with Crippen molar-refractivity contribution in [3.8, 4) is 0 Å². The third kappa shape index (κ3) is 3.93. The summed E-state index contributed by atoms with van der Waals surface area (Å²) >= 11 is 1.54. The third-order valence-electron chi connectivity index (χ3n) is 2.21. The second-order valence-electron chi connectivity index (χ2n) is 3.68. The molecule has 1 N–H and O–H groups in total. The molecule has 0 saturated carbocycles. The maximum absolute atomic E-state index is 11.1. The van der Waals surface area contributed by atoms with Gasteiger partial charge >= 0.3 is 5.69 Å². The molecule has 0 aliphatic heterocycles. The van der Waals surface area contributed by atoms with E-state index in [0.29, 0.717) is 5.69 Å². The minimum atomic E-state index is -0.296. The summed E-state index contributed by atoms with van der Waals surface area (Å²) in [5.41, 5.74) is 0.831. The molecule has 1 aromatic carbocycles. The van der Waals surface area contributed by atoms with Crippen molar-refractivity contribution in [2.24, 2.45) is 0 Å². The van der Waals surface area contributed by atoms with E-state index in [0.717, 1.165) is 30.0 Å². The fourth-order valence-corrected chi connectivity index (χ4v) is 2.36. The lowest BCUT2D eigenvalue weighted by Crippen LogP contribution is -2.04. The SMILES string of the molecule is CCCNc1cccc(SCCC)c1[N+](=O)[O-]. The van der Waals surface area contributed by atoms with E-state index in [1.54, 1.807) is 17.8 Å². The summed E-state index contributed by atoms with van der Waals surface area (Å²) in [4.78, 5) is 11.6. The standard InChI is InChI=1S/C12H18N2O2S/c1-3-8-13-10-6-5-7-11(17-9-4-2)12(10)14(15)16/h5-7,13H,3-4,8-9H2,1-2H3. The highest BCUT2D eigenvalue weighted by atomic mass is 32.2. The Morgan fingerprint density at radius 2 is 2.12 bits per heavy atom. The van der Waals surface area contributed by atoms with Crippen LogP contribution in [0, 0.1) is 10.1 Å². The van der Waals surface area contributed by atoms with Gasteiger partial charge in [-0.05, 0) is 30.7 Å². The van der Waals surface area contributed by atoms with Crippen molar-refractivity contribution < 1.29 is 4.92 Å². The highest BCUT2D eigenvalue weighted by molar-refractivity contribution is 7.99. The first-order valence-electron chi connectivity index (χ1n) is 5.84. The summed E-state index contributed by atoms with van der Waals surface area (Å²) in [7, 11) is 0. The van der Waals surface area contributed by atoms with Crippen LogP contribution in [0.3, 0.4) is 0 Å². The molecule has 0 radical (unpaired) electrons. The van der Waals surface area contributed by atoms with Gasteiger partial charge in [-0.15, -0.1) is 11.8 Å². The Hall–Kier alpha value is -1.23. The van der Waals surface area contributed by atoms with E-state index in [1.165, 1.54) is 0 Å². The molecule has 0 saturated heterocycles. The summed E-state index contributed by atoms with van der Waals surface area (Å²) in [5.74, 6) is 0.901. The van der Waals surface area contributed by atoms with Gasteiger partial charge in [0.1, 0.15) is 5.69 Å². The summed E-state index contributed by atoms with van der Waals surface area (Å²) in [5, 5.41) is 14.2. The van der Waals surface area contributed by atoms with Gasteiger partial charge in [0.15, 0.2) is 0 Å². The molecule has 0 aliphatic rings. The molecular formula is C12H18N2O2S. The van der Waals surface area contributed by atoms with Crippen LogP contribution in [-0.2, 0) is 0 Å². The van der Waals surface area contributed by atoms with Crippen molar-refractivity contribution in [1.29, 1.82) is 0 Å². The van der Waals surface area contributed by atoms with Gasteiger partial charge in [0, 0.05) is 6.54 Å². The molecule has 94 valence electrons. The summed E-state index contributed by atoms with van der Waals surface area (Å²) < 4.78 is 0. The molecule has 0 amide bonds. The van der Waals surface area contributed by atoms with Gasteiger partial charge < -0.3 is 5.32 Å². The number of benzene rings is 1. The van der Waals surface area contributed by atoms with E-state index in [4.69, 9.17) is 0 Å². The van der Waals surface area contributed by atoms with Crippen LogP contribution in [0.4, 0.5) is 11.4 Å². The number of rotatable bonds is 7. The number of hydrogen-bond donors (Lipinski definition) is 1. The van der Waals surface area contributed by atoms with Crippen LogP contribution in [0.2, 0.25) is 0 Å². The lowest BCUT2D eigenvalue weighted by molar-refractivity contribution is -0.386. The van der Waals surface area contributed by atoms with Gasteiger partial charge in [0.05, 0.1) is 9.82 Å². The average Bonchev–Trinajstić information content (AvgIpc) is 2.33. The number of nitrogens with zero attached hydrogens (tertiary/aromatic N) is 1. The highest BCUT2D eigenvalue weighted by Crippen LogP contribution is 2.35. The first-order chi connectivity index (χ1) is 8.20. The minimum absolute atomic E-state index is 0.208. The highest BCUT2D eigenvalue weighted by Gasteiger charge is 2.19. The molecule has 0 fully saturated rings. The van der Waals surface area contributed by atoms with Crippen LogP contribution in [0.1, 0.15) is 26.7 Å². The van der Waals surface area contributed by atoms with Crippen molar-refractivity contribution in [1.82, 2.24) is 0 Å². The van der Waals surface area contributed by atoms with Crippen molar-refractivity contribution in [2.45, 2.75) is 31.6 Å². The number of nitrogens with one attached hydrogen (secondary N) is 1. The number of nitro benzene ring substituents is 1. The summed E-state index contributed by atoms with van der Waals surface area (Å²) in [6, 6.07) is 5.45. The monoisotopic (exact) mass is 254 g/mol. The second kappa shape index (κ2) is 7.17. The molecule has 17 heavy (non-hydrogen) atoms. The number of hydrogen-bond acceptors (Lipinski definition) is 4. The molecule has 0 bridgehead atoms. The van der Waals surface area contributed by atoms with Crippen LogP contribution in [0.25, 0.3) is 0 Å². The quantitative estimate of drug-likeness (QED) is 0.455. The number of anilines is 1. The van der Waals surface area contributed by atoms with Crippen molar-refractivity contribution >= 4 is 23.1 Å². The van der Waals surface area contributed by atoms with Crippen molar-refractivity contribution in [3.05, 3.63) is 28.3 Å². The Labute approximate surface area is 106 Å². The fraction of sp³-hybridized carbons (Fsp3) is 0.500. The van der Waals surface area contributed by atoms with Gasteiger partial charge in [0.2, 0.25) is 0 Å². The molecule has 5 heteroatoms. The Morgan fingerprint density at radius 3 is 2.71 bits per heavy atom. The third-order valence-corrected chi connectivity index (χ3v) is 3.46. The first kappa shape index (κ1) is 13.8. The predicted octanol–water partition coefficient (Wildman–Crippen LogP) is 3.92. The van der Waals surface area contributed by atoms with E-state index < -0.39 is 0 Å². The Kier molecular flexibility index (Phi) is 5.83.